The molecule has 4 nitrogen and oxygen atoms in total. The first-order chi connectivity index (χ1) is 8.18. The van der Waals surface area contributed by atoms with Gasteiger partial charge in [0.25, 0.3) is 0 Å². The molecule has 0 amide bonds. The molecule has 0 bridgehead atoms. The molecule has 1 saturated carbocycles. The number of hydrogen-bond donors (Lipinski definition) is 1. The van der Waals surface area contributed by atoms with Gasteiger partial charge in [-0.25, -0.2) is 0 Å². The Kier molecular flexibility index (Phi) is 3.74. The Morgan fingerprint density at radius 2 is 2.18 bits per heavy atom. The van der Waals surface area contributed by atoms with E-state index in [9.17, 15) is 9.90 Å². The standard InChI is InChI=1S/C13H18N2O2/c1-15(12(13(16)17)11-2-3-11)9-6-10-4-7-14-8-5-10/h4-5,7-8,11-12H,2-3,6,9H2,1H3,(H,16,17). The number of aliphatic carboxylic acids is 1. The van der Waals surface area contributed by atoms with E-state index in [1.54, 1.807) is 12.4 Å². The number of aromatic nitrogens is 1. The largest absolute Gasteiger partial charge is 0.480 e. The van der Waals surface area contributed by atoms with Crippen LogP contribution in [0, 0.1) is 5.92 Å². The molecular weight excluding hydrogens is 216 g/mol. The fourth-order valence-electron chi connectivity index (χ4n) is 2.16. The van der Waals surface area contributed by atoms with Crippen LogP contribution in [0.3, 0.4) is 0 Å². The molecule has 0 aliphatic heterocycles. The molecule has 1 aromatic heterocycles. The Morgan fingerprint density at radius 1 is 1.53 bits per heavy atom. The maximum absolute atomic E-state index is 11.2. The average Bonchev–Trinajstić information content (AvgIpc) is 3.12. The third-order valence-electron chi connectivity index (χ3n) is 3.30. The van der Waals surface area contributed by atoms with E-state index in [4.69, 9.17) is 0 Å². The highest BCUT2D eigenvalue weighted by molar-refractivity contribution is 5.74. The number of pyridine rings is 1. The smallest absolute Gasteiger partial charge is 0.321 e. The predicted octanol–water partition coefficient (Wildman–Crippen LogP) is 1.42. The quantitative estimate of drug-likeness (QED) is 0.808. The molecule has 1 aliphatic rings. The Hall–Kier alpha value is -1.42. The third kappa shape index (κ3) is 3.27. The van der Waals surface area contributed by atoms with Crippen LogP contribution in [0.5, 0.6) is 0 Å². The Labute approximate surface area is 101 Å². The maximum atomic E-state index is 11.2. The second-order valence-electron chi connectivity index (χ2n) is 4.71. The summed E-state index contributed by atoms with van der Waals surface area (Å²) in [6, 6.07) is 3.64. The van der Waals surface area contributed by atoms with Crippen LogP contribution < -0.4 is 0 Å². The number of carboxylic acid groups (broad SMARTS) is 1. The fraction of sp³-hybridized carbons (Fsp3) is 0.538. The summed E-state index contributed by atoms with van der Waals surface area (Å²) in [7, 11) is 1.90. The molecule has 1 heterocycles. The summed E-state index contributed by atoms with van der Waals surface area (Å²) in [6.07, 6.45) is 6.51. The predicted molar refractivity (Wildman–Crippen MR) is 64.7 cm³/mol. The van der Waals surface area contributed by atoms with Gasteiger partial charge < -0.3 is 5.11 Å². The van der Waals surface area contributed by atoms with Crippen LogP contribution in [0.15, 0.2) is 24.5 Å². The number of likely N-dealkylation sites (N-methyl/N-ethyl adjacent to an activating group) is 1. The number of hydrogen-bond acceptors (Lipinski definition) is 3. The Morgan fingerprint density at radius 3 is 2.71 bits per heavy atom. The summed E-state index contributed by atoms with van der Waals surface area (Å²) < 4.78 is 0. The van der Waals surface area contributed by atoms with Crippen molar-refractivity contribution in [3.63, 3.8) is 0 Å². The molecule has 2 rings (SSSR count). The average molecular weight is 234 g/mol. The summed E-state index contributed by atoms with van der Waals surface area (Å²) >= 11 is 0. The summed E-state index contributed by atoms with van der Waals surface area (Å²) in [4.78, 5) is 17.1. The van der Waals surface area contributed by atoms with E-state index >= 15 is 0 Å². The molecule has 0 saturated heterocycles. The molecule has 1 aromatic rings. The highest BCUT2D eigenvalue weighted by atomic mass is 16.4. The Bertz CT molecular complexity index is 376. The van der Waals surface area contributed by atoms with Crippen LogP contribution in [0.2, 0.25) is 0 Å². The van der Waals surface area contributed by atoms with E-state index in [0.29, 0.717) is 5.92 Å². The molecule has 4 heteroatoms. The molecule has 0 radical (unpaired) electrons. The minimum atomic E-state index is -0.690. The van der Waals surface area contributed by atoms with E-state index < -0.39 is 5.97 Å². The zero-order valence-corrected chi connectivity index (χ0v) is 10.0. The SMILES string of the molecule is CN(CCc1ccncc1)C(C(=O)O)C1CC1. The maximum Gasteiger partial charge on any atom is 0.321 e. The van der Waals surface area contributed by atoms with Gasteiger partial charge in [0.05, 0.1) is 0 Å². The third-order valence-corrected chi connectivity index (χ3v) is 3.30. The second kappa shape index (κ2) is 5.27. The highest BCUT2D eigenvalue weighted by Crippen LogP contribution is 2.35. The van der Waals surface area contributed by atoms with Gasteiger partial charge >= 0.3 is 5.97 Å². The first kappa shape index (κ1) is 12.0. The number of nitrogens with zero attached hydrogens (tertiary/aromatic N) is 2. The lowest BCUT2D eigenvalue weighted by molar-refractivity contribution is -0.143. The minimum absolute atomic E-state index is 0.308. The number of carbonyl (C=O) groups is 1. The molecule has 1 atom stereocenters. The van der Waals surface area contributed by atoms with Gasteiger partial charge in [-0.1, -0.05) is 0 Å². The minimum Gasteiger partial charge on any atom is -0.480 e. The van der Waals surface area contributed by atoms with Gasteiger partial charge in [-0.15, -0.1) is 0 Å². The molecule has 1 fully saturated rings. The zero-order valence-electron chi connectivity index (χ0n) is 10.0. The van der Waals surface area contributed by atoms with Crippen LogP contribution >= 0.6 is 0 Å². The van der Waals surface area contributed by atoms with Crippen LogP contribution in [0.25, 0.3) is 0 Å². The molecule has 1 N–H and O–H groups in total. The summed E-state index contributed by atoms with van der Waals surface area (Å²) in [6.45, 7) is 0.775. The van der Waals surface area contributed by atoms with Crippen LogP contribution in [-0.2, 0) is 11.2 Å². The Balaban J connectivity index is 1.87. The second-order valence-corrected chi connectivity index (χ2v) is 4.71. The summed E-state index contributed by atoms with van der Waals surface area (Å²) in [5, 5.41) is 9.20. The van der Waals surface area contributed by atoms with Crippen molar-refractivity contribution in [1.29, 1.82) is 0 Å². The molecule has 92 valence electrons. The van der Waals surface area contributed by atoms with Crippen molar-refractivity contribution >= 4 is 5.97 Å². The fourth-order valence-corrected chi connectivity index (χ4v) is 2.16. The van der Waals surface area contributed by atoms with Gasteiger partial charge in [0.15, 0.2) is 0 Å². The van der Waals surface area contributed by atoms with Crippen molar-refractivity contribution in [3.8, 4) is 0 Å². The van der Waals surface area contributed by atoms with Gasteiger partial charge in [-0.3, -0.25) is 14.7 Å². The van der Waals surface area contributed by atoms with Crippen LogP contribution in [0.1, 0.15) is 18.4 Å². The molecule has 0 spiro atoms. The van der Waals surface area contributed by atoms with Gasteiger partial charge in [-0.2, -0.15) is 0 Å². The molecule has 1 aliphatic carbocycles. The van der Waals surface area contributed by atoms with Gasteiger partial charge in [0.1, 0.15) is 6.04 Å². The van der Waals surface area contributed by atoms with Crippen molar-refractivity contribution in [2.24, 2.45) is 5.92 Å². The molecule has 17 heavy (non-hydrogen) atoms. The normalized spacial score (nSPS) is 17.1. The van der Waals surface area contributed by atoms with Crippen molar-refractivity contribution in [2.75, 3.05) is 13.6 Å². The highest BCUT2D eigenvalue weighted by Gasteiger charge is 2.38. The zero-order chi connectivity index (χ0) is 12.3. The van der Waals surface area contributed by atoms with Crippen molar-refractivity contribution in [1.82, 2.24) is 9.88 Å². The van der Waals surface area contributed by atoms with E-state index in [-0.39, 0.29) is 6.04 Å². The number of rotatable bonds is 6. The molecular formula is C13H18N2O2. The van der Waals surface area contributed by atoms with Crippen molar-refractivity contribution in [2.45, 2.75) is 25.3 Å². The monoisotopic (exact) mass is 234 g/mol. The van der Waals surface area contributed by atoms with E-state index in [0.717, 1.165) is 25.8 Å². The van der Waals surface area contributed by atoms with Gasteiger partial charge in [-0.05, 0) is 49.9 Å². The lowest BCUT2D eigenvalue weighted by Gasteiger charge is -2.24. The summed E-state index contributed by atoms with van der Waals surface area (Å²) in [5.74, 6) is -0.334. The first-order valence-corrected chi connectivity index (χ1v) is 6.00. The van der Waals surface area contributed by atoms with Crippen LogP contribution in [-0.4, -0.2) is 40.6 Å². The summed E-state index contributed by atoms with van der Waals surface area (Å²) in [5.41, 5.74) is 1.20. The van der Waals surface area contributed by atoms with Crippen LogP contribution in [0.4, 0.5) is 0 Å². The number of carboxylic acids is 1. The molecule has 0 aromatic carbocycles. The van der Waals surface area contributed by atoms with Crippen molar-refractivity contribution in [3.05, 3.63) is 30.1 Å². The first-order valence-electron chi connectivity index (χ1n) is 6.00. The topological polar surface area (TPSA) is 53.4 Å². The van der Waals surface area contributed by atoms with E-state index in [1.807, 2.05) is 24.1 Å². The van der Waals surface area contributed by atoms with E-state index in [2.05, 4.69) is 4.98 Å². The van der Waals surface area contributed by atoms with E-state index in [1.165, 1.54) is 5.56 Å². The van der Waals surface area contributed by atoms with Gasteiger partial charge in [0.2, 0.25) is 0 Å². The lowest BCUT2D eigenvalue weighted by Crippen LogP contribution is -2.41. The lowest BCUT2D eigenvalue weighted by atomic mass is 10.1. The molecule has 1 unspecified atom stereocenters. The van der Waals surface area contributed by atoms with Gasteiger partial charge in [0, 0.05) is 18.9 Å². The van der Waals surface area contributed by atoms with Crippen molar-refractivity contribution < 1.29 is 9.90 Å².